The van der Waals surface area contributed by atoms with Crippen molar-refractivity contribution in [3.63, 3.8) is 0 Å². The van der Waals surface area contributed by atoms with Gasteiger partial charge in [-0.25, -0.2) is 0 Å². The number of aliphatic imine (C=N–C) groups is 1. The van der Waals surface area contributed by atoms with Crippen molar-refractivity contribution in [2.24, 2.45) is 10.7 Å². The minimum absolute atomic E-state index is 0.00157. The molecule has 12 heteroatoms. The van der Waals surface area contributed by atoms with Crippen LogP contribution in [-0.4, -0.2) is 42.4 Å². The second-order valence-corrected chi connectivity index (χ2v) is 7.82. The average molecular weight is 521 g/mol. The molecule has 2 rings (SSSR count). The van der Waals surface area contributed by atoms with Gasteiger partial charge >= 0.3 is 6.18 Å². The number of halogens is 3. The number of nitrogens with zero attached hydrogens (tertiary/aromatic N) is 1. The zero-order valence-corrected chi connectivity index (χ0v) is 20.1. The Kier molecular flexibility index (Phi) is 9.83. The van der Waals surface area contributed by atoms with Crippen molar-refractivity contribution >= 4 is 18.0 Å². The standard InChI is InChI=1S/C25H27F3N4O5/c1-4-30-14-17(12-29)22(34)32-24(2,15-33)23(35)31-13-16-5-7-18(8-6-16)37-21-10-9-19(36-3)11-20(21)25(26,27)28/h4-12,14,33H,1,13,15,29H2,2-3H3,(H,31,35)(H,32,34)/b17-12+,30-14-/t24-/m0/s1. The number of methoxy groups -OCH3 is 1. The first-order chi connectivity index (χ1) is 17.5. The molecule has 5 N–H and O–H groups in total. The van der Waals surface area contributed by atoms with Gasteiger partial charge in [0.05, 0.1) is 19.3 Å². The SMILES string of the molecule is C=C/N=C\C(=C/N)C(=O)N[C@@](C)(CO)C(=O)NCc1ccc(Oc2ccc(OC)cc2C(F)(F)F)cc1. The molecule has 0 saturated heterocycles. The van der Waals surface area contributed by atoms with Crippen LogP contribution in [0.25, 0.3) is 0 Å². The van der Waals surface area contributed by atoms with E-state index in [1.54, 1.807) is 12.1 Å². The van der Waals surface area contributed by atoms with Gasteiger partial charge in [-0.05, 0) is 42.8 Å². The fourth-order valence-electron chi connectivity index (χ4n) is 2.93. The summed E-state index contributed by atoms with van der Waals surface area (Å²) in [4.78, 5) is 28.8. The second kappa shape index (κ2) is 12.6. The van der Waals surface area contributed by atoms with E-state index in [0.29, 0.717) is 5.56 Å². The van der Waals surface area contributed by atoms with Gasteiger partial charge in [-0.15, -0.1) is 0 Å². The molecule has 37 heavy (non-hydrogen) atoms. The van der Waals surface area contributed by atoms with Gasteiger partial charge in [-0.1, -0.05) is 18.7 Å². The van der Waals surface area contributed by atoms with Gasteiger partial charge in [0, 0.05) is 25.2 Å². The molecule has 0 fully saturated rings. The van der Waals surface area contributed by atoms with Gasteiger partial charge in [-0.3, -0.25) is 14.6 Å². The number of carbonyl (C=O) groups is 2. The molecule has 0 aliphatic rings. The number of amides is 2. The lowest BCUT2D eigenvalue weighted by Gasteiger charge is -2.27. The zero-order valence-electron chi connectivity index (χ0n) is 20.1. The molecule has 198 valence electrons. The van der Waals surface area contributed by atoms with Crippen LogP contribution in [0.1, 0.15) is 18.1 Å². The minimum Gasteiger partial charge on any atom is -0.497 e. The van der Waals surface area contributed by atoms with Crippen molar-refractivity contribution < 1.29 is 37.3 Å². The Hall–Kier alpha value is -4.32. The van der Waals surface area contributed by atoms with Crippen LogP contribution in [0.5, 0.6) is 17.2 Å². The predicted octanol–water partition coefficient (Wildman–Crippen LogP) is 3.05. The first kappa shape index (κ1) is 28.9. The van der Waals surface area contributed by atoms with Crippen LogP contribution in [0, 0.1) is 0 Å². The maximum Gasteiger partial charge on any atom is 0.420 e. The summed E-state index contributed by atoms with van der Waals surface area (Å²) in [5, 5.41) is 14.7. The highest BCUT2D eigenvalue weighted by atomic mass is 19.4. The Morgan fingerprint density at radius 1 is 1.16 bits per heavy atom. The van der Waals surface area contributed by atoms with Crippen LogP contribution in [0.15, 0.2) is 72.0 Å². The Balaban J connectivity index is 2.07. The molecule has 0 aliphatic heterocycles. The first-order valence-corrected chi connectivity index (χ1v) is 10.8. The quantitative estimate of drug-likeness (QED) is 0.266. The number of aliphatic hydroxyl groups excluding tert-OH is 1. The molecule has 0 unspecified atom stereocenters. The number of aliphatic hydroxyl groups is 1. The van der Waals surface area contributed by atoms with Crippen LogP contribution < -0.4 is 25.8 Å². The Morgan fingerprint density at radius 2 is 1.81 bits per heavy atom. The van der Waals surface area contributed by atoms with Gasteiger partial charge in [0.2, 0.25) is 5.91 Å². The summed E-state index contributed by atoms with van der Waals surface area (Å²) >= 11 is 0. The van der Waals surface area contributed by atoms with E-state index in [-0.39, 0.29) is 23.6 Å². The fraction of sp³-hybridized carbons (Fsp3) is 0.240. The molecular weight excluding hydrogens is 493 g/mol. The van der Waals surface area contributed by atoms with Crippen LogP contribution in [0.3, 0.4) is 0 Å². The number of ether oxygens (including phenoxy) is 2. The Bertz CT molecular complexity index is 1180. The highest BCUT2D eigenvalue weighted by Crippen LogP contribution is 2.40. The predicted molar refractivity (Wildman–Crippen MR) is 131 cm³/mol. The largest absolute Gasteiger partial charge is 0.497 e. The van der Waals surface area contributed by atoms with Crippen molar-refractivity contribution in [3.8, 4) is 17.2 Å². The summed E-state index contributed by atoms with van der Waals surface area (Å²) in [7, 11) is 1.26. The molecule has 2 amide bonds. The van der Waals surface area contributed by atoms with E-state index in [0.717, 1.165) is 24.5 Å². The van der Waals surface area contributed by atoms with Crippen molar-refractivity contribution in [1.29, 1.82) is 0 Å². The zero-order chi connectivity index (χ0) is 27.6. The number of benzene rings is 2. The van der Waals surface area contributed by atoms with Gasteiger partial charge in [-0.2, -0.15) is 13.2 Å². The number of hydrogen-bond acceptors (Lipinski definition) is 7. The van der Waals surface area contributed by atoms with E-state index in [4.69, 9.17) is 15.2 Å². The van der Waals surface area contributed by atoms with Gasteiger partial charge in [0.15, 0.2) is 0 Å². The number of nitrogens with two attached hydrogens (primary N) is 1. The summed E-state index contributed by atoms with van der Waals surface area (Å²) in [6.45, 7) is 3.99. The number of alkyl halides is 3. The van der Waals surface area contributed by atoms with Crippen molar-refractivity contribution in [2.75, 3.05) is 13.7 Å². The van der Waals surface area contributed by atoms with Gasteiger partial charge in [0.25, 0.3) is 5.91 Å². The molecule has 0 saturated carbocycles. The molecule has 0 heterocycles. The van der Waals surface area contributed by atoms with Crippen LogP contribution >= 0.6 is 0 Å². The van der Waals surface area contributed by atoms with Gasteiger partial charge in [0.1, 0.15) is 28.4 Å². The summed E-state index contributed by atoms with van der Waals surface area (Å²) in [5.74, 6) is -1.64. The summed E-state index contributed by atoms with van der Waals surface area (Å²) in [5.41, 5.74) is 3.27. The molecule has 1 atom stereocenters. The molecule has 0 bridgehead atoms. The van der Waals surface area contributed by atoms with E-state index in [1.807, 2.05) is 0 Å². The lowest BCUT2D eigenvalue weighted by atomic mass is 10.0. The maximum absolute atomic E-state index is 13.4. The molecule has 0 spiro atoms. The summed E-state index contributed by atoms with van der Waals surface area (Å²) in [6.07, 6.45) is -1.32. The molecule has 9 nitrogen and oxygen atoms in total. The molecule has 2 aromatic rings. The average Bonchev–Trinajstić information content (AvgIpc) is 2.88. The molecule has 0 aliphatic carbocycles. The normalized spacial score (nSPS) is 13.5. The number of carbonyl (C=O) groups excluding carboxylic acids is 2. The number of nitrogens with one attached hydrogen (secondary N) is 2. The lowest BCUT2D eigenvalue weighted by Crippen LogP contribution is -2.59. The lowest BCUT2D eigenvalue weighted by molar-refractivity contribution is -0.138. The second-order valence-electron chi connectivity index (χ2n) is 7.82. The van der Waals surface area contributed by atoms with Gasteiger partial charge < -0.3 is 30.9 Å². The van der Waals surface area contributed by atoms with E-state index < -0.39 is 41.4 Å². The van der Waals surface area contributed by atoms with Crippen molar-refractivity contribution in [2.45, 2.75) is 25.2 Å². The number of rotatable bonds is 11. The third-order valence-electron chi connectivity index (χ3n) is 5.06. The number of hydrogen-bond donors (Lipinski definition) is 4. The summed E-state index contributed by atoms with van der Waals surface area (Å²) in [6, 6.07) is 9.32. The Morgan fingerprint density at radius 3 is 2.35 bits per heavy atom. The van der Waals surface area contributed by atoms with E-state index >= 15 is 0 Å². The van der Waals surface area contributed by atoms with Crippen LogP contribution in [-0.2, 0) is 22.3 Å². The molecule has 0 radical (unpaired) electrons. The first-order valence-electron chi connectivity index (χ1n) is 10.8. The third kappa shape index (κ3) is 7.84. The fourth-order valence-corrected chi connectivity index (χ4v) is 2.93. The van der Waals surface area contributed by atoms with Crippen LogP contribution in [0.4, 0.5) is 13.2 Å². The molecule has 0 aromatic heterocycles. The minimum atomic E-state index is -4.65. The summed E-state index contributed by atoms with van der Waals surface area (Å²) < 4.78 is 50.5. The topological polar surface area (TPSA) is 135 Å². The maximum atomic E-state index is 13.4. The van der Waals surface area contributed by atoms with E-state index in [2.05, 4.69) is 22.2 Å². The molecular formula is C25H27F3N4O5. The van der Waals surface area contributed by atoms with E-state index in [9.17, 15) is 27.9 Å². The van der Waals surface area contributed by atoms with E-state index in [1.165, 1.54) is 38.4 Å². The smallest absolute Gasteiger partial charge is 0.420 e. The van der Waals surface area contributed by atoms with Crippen molar-refractivity contribution in [1.82, 2.24) is 10.6 Å². The highest BCUT2D eigenvalue weighted by molar-refractivity contribution is 6.13. The molecule has 2 aromatic carbocycles. The monoisotopic (exact) mass is 520 g/mol. The Labute approximate surface area is 211 Å². The van der Waals surface area contributed by atoms with Crippen molar-refractivity contribution in [3.05, 3.63) is 78.1 Å². The van der Waals surface area contributed by atoms with Crippen LogP contribution in [0.2, 0.25) is 0 Å². The third-order valence-corrected chi connectivity index (χ3v) is 5.06. The highest BCUT2D eigenvalue weighted by Gasteiger charge is 2.36.